The van der Waals surface area contributed by atoms with Gasteiger partial charge in [-0.2, -0.15) is 0 Å². The Labute approximate surface area is 401 Å². The summed E-state index contributed by atoms with van der Waals surface area (Å²) >= 11 is 1.79. The predicted octanol–water partition coefficient (Wildman–Crippen LogP) is 5.81. The Morgan fingerprint density at radius 2 is 1.51 bits per heavy atom. The van der Waals surface area contributed by atoms with Gasteiger partial charge in [0, 0.05) is 113 Å². The number of hydrogen-bond donors (Lipinski definition) is 3. The summed E-state index contributed by atoms with van der Waals surface area (Å²) in [5.41, 5.74) is 11.9. The molecule has 9 heterocycles. The van der Waals surface area contributed by atoms with Crippen LogP contribution in [-0.4, -0.2) is 150 Å². The maximum Gasteiger partial charge on any atom is 0.258 e. The van der Waals surface area contributed by atoms with Gasteiger partial charge < -0.3 is 35.4 Å². The zero-order valence-electron chi connectivity index (χ0n) is 39.2. The van der Waals surface area contributed by atoms with Crippen molar-refractivity contribution in [3.63, 3.8) is 0 Å². The van der Waals surface area contributed by atoms with Crippen molar-refractivity contribution in [2.24, 2.45) is 5.92 Å². The van der Waals surface area contributed by atoms with Gasteiger partial charge in [-0.25, -0.2) is 19.9 Å². The van der Waals surface area contributed by atoms with Crippen molar-refractivity contribution in [2.45, 2.75) is 103 Å². The lowest BCUT2D eigenvalue weighted by atomic mass is 9.89. The summed E-state index contributed by atoms with van der Waals surface area (Å²) in [6.45, 7) is 15.1. The van der Waals surface area contributed by atoms with Crippen LogP contribution in [0.3, 0.4) is 0 Å². The van der Waals surface area contributed by atoms with Crippen LogP contribution in [0.1, 0.15) is 95.8 Å². The second-order valence-corrected chi connectivity index (χ2v) is 21.3. The van der Waals surface area contributed by atoms with E-state index in [1.165, 1.54) is 16.5 Å². The number of morpholine rings is 1. The molecule has 0 saturated carbocycles. The number of nitrogens with two attached hydrogens (primary N) is 1. The van der Waals surface area contributed by atoms with E-state index in [2.05, 4.69) is 58.7 Å². The molecule has 0 aliphatic carbocycles. The Morgan fingerprint density at radius 1 is 0.794 bits per heavy atom. The Morgan fingerprint density at radius 3 is 2.24 bits per heavy atom. The molecule has 0 spiro atoms. The summed E-state index contributed by atoms with van der Waals surface area (Å²) < 4.78 is 6.77. The summed E-state index contributed by atoms with van der Waals surface area (Å²) in [6, 6.07) is 13.1. The second kappa shape index (κ2) is 18.8. The van der Waals surface area contributed by atoms with Gasteiger partial charge in [-0.1, -0.05) is 32.0 Å². The Hall–Kier alpha value is -5.46. The summed E-state index contributed by atoms with van der Waals surface area (Å²) in [4.78, 5) is 61.5. The molecule has 5 aromatic rings. The SMILES string of the molecule is CC(C)c1cc(C(=O)N2Cc3ccc(CN4CCC(N5CCN(C(=O)C6CC7CCC(C6)N7Cc6cc7nc(-c8cnc(N)nc8)nc(N8CCOCC8)c7s6)CC5)CC4)cc3C2)c(O)cc1O. The van der Waals surface area contributed by atoms with Crippen molar-refractivity contribution in [2.75, 3.05) is 76.2 Å². The molecule has 3 aromatic heterocycles. The van der Waals surface area contributed by atoms with Crippen molar-refractivity contribution in [1.82, 2.24) is 44.4 Å². The van der Waals surface area contributed by atoms with Gasteiger partial charge in [-0.05, 0) is 91.9 Å². The summed E-state index contributed by atoms with van der Waals surface area (Å²) in [6.07, 6.45) is 9.77. The molecule has 5 saturated heterocycles. The highest BCUT2D eigenvalue weighted by molar-refractivity contribution is 7.19. The number of phenolic OH excluding ortho intramolecular Hbond substituents is 2. The molecule has 2 aromatic carbocycles. The molecule has 2 unspecified atom stereocenters. The zero-order chi connectivity index (χ0) is 46.6. The minimum atomic E-state index is -0.222. The molecule has 358 valence electrons. The van der Waals surface area contributed by atoms with Crippen LogP contribution in [0.25, 0.3) is 21.6 Å². The topological polar surface area (TPSA) is 181 Å². The van der Waals surface area contributed by atoms with Gasteiger partial charge in [-0.3, -0.25) is 24.3 Å². The van der Waals surface area contributed by atoms with Crippen LogP contribution in [0, 0.1) is 5.92 Å². The number of aromatic hydroxyl groups is 2. The number of ether oxygens (including phenoxy) is 1. The lowest BCUT2D eigenvalue weighted by Crippen LogP contribution is -2.56. The van der Waals surface area contributed by atoms with E-state index in [0.29, 0.717) is 61.7 Å². The number of amides is 2. The first kappa shape index (κ1) is 45.0. The van der Waals surface area contributed by atoms with Gasteiger partial charge in [0.1, 0.15) is 11.5 Å². The Kier molecular flexibility index (Phi) is 12.4. The largest absolute Gasteiger partial charge is 0.508 e. The monoisotopic (exact) mass is 941 g/mol. The fraction of sp³-hybridized carbons (Fsp3) is 0.529. The van der Waals surface area contributed by atoms with E-state index in [0.717, 1.165) is 137 Å². The first-order valence-corrected chi connectivity index (χ1v) is 25.5. The highest BCUT2D eigenvalue weighted by Gasteiger charge is 2.44. The third-order valence-electron chi connectivity index (χ3n) is 15.6. The summed E-state index contributed by atoms with van der Waals surface area (Å²) in [7, 11) is 0. The van der Waals surface area contributed by atoms with Gasteiger partial charge in [0.25, 0.3) is 5.91 Å². The fourth-order valence-corrected chi connectivity index (χ4v) is 13.0. The predicted molar refractivity (Wildman–Crippen MR) is 261 cm³/mol. The number of nitrogen functional groups attached to an aromatic ring is 1. The molecule has 16 nitrogen and oxygen atoms in total. The smallest absolute Gasteiger partial charge is 0.258 e. The van der Waals surface area contributed by atoms with Gasteiger partial charge in [0.15, 0.2) is 11.6 Å². The van der Waals surface area contributed by atoms with Gasteiger partial charge in [0.05, 0.1) is 34.6 Å². The molecular formula is C51H63N11O5S. The van der Waals surface area contributed by atoms with E-state index in [1.54, 1.807) is 34.7 Å². The normalized spacial score (nSPS) is 23.0. The van der Waals surface area contributed by atoms with E-state index in [1.807, 2.05) is 13.8 Å². The van der Waals surface area contributed by atoms with Crippen LogP contribution in [0.15, 0.2) is 48.8 Å². The number of aromatic nitrogens is 4. The number of phenols is 2. The number of piperidine rings is 2. The fourth-order valence-electron chi connectivity index (χ4n) is 11.9. The number of hydrogen-bond acceptors (Lipinski definition) is 15. The van der Waals surface area contributed by atoms with Crippen LogP contribution < -0.4 is 10.6 Å². The molecule has 2 amide bonds. The lowest BCUT2D eigenvalue weighted by molar-refractivity contribution is -0.140. The van der Waals surface area contributed by atoms with Crippen LogP contribution in [0.4, 0.5) is 11.8 Å². The standard InChI is InChI=1S/C51H63N11O5S/c1-31(2)41-23-42(45(64)24-44(41)63)50(66)61-28-33-4-3-32(19-35(33)29-61)27-57-9-7-37(8-10-57)58-11-13-60(14-12-58)49(65)34-20-38-5-6-39(21-34)62(38)30-40-22-43-46(68-40)48(59-15-17-67-18-16-59)56-47(55-43)36-25-53-51(52)54-26-36/h3-4,19,22-26,31,34,37-39,63-64H,5-18,20-21,27-30H2,1-2H3,(H2,52,53,54). The number of carbonyl (C=O) groups is 2. The van der Waals surface area contributed by atoms with Gasteiger partial charge >= 0.3 is 0 Å². The number of anilines is 2. The second-order valence-electron chi connectivity index (χ2n) is 20.2. The average Bonchev–Trinajstić information content (AvgIpc) is 4.03. The molecule has 5 fully saturated rings. The Bertz CT molecular complexity index is 2660. The number of thiophene rings is 1. The molecular weight excluding hydrogens is 879 g/mol. The van der Waals surface area contributed by atoms with Crippen molar-refractivity contribution in [1.29, 1.82) is 0 Å². The number of rotatable bonds is 10. The zero-order valence-corrected chi connectivity index (χ0v) is 40.0. The molecule has 0 radical (unpaired) electrons. The van der Waals surface area contributed by atoms with Crippen molar-refractivity contribution < 1.29 is 24.5 Å². The average molecular weight is 942 g/mol. The van der Waals surface area contributed by atoms with E-state index in [-0.39, 0.29) is 40.8 Å². The molecule has 68 heavy (non-hydrogen) atoms. The summed E-state index contributed by atoms with van der Waals surface area (Å²) in [5, 5.41) is 20.8. The molecule has 17 heteroatoms. The first-order chi connectivity index (χ1) is 33.0. The van der Waals surface area contributed by atoms with Crippen molar-refractivity contribution in [3.8, 4) is 22.9 Å². The number of piperazine rings is 1. The molecule has 4 N–H and O–H groups in total. The maximum absolute atomic E-state index is 14.2. The first-order valence-electron chi connectivity index (χ1n) is 24.7. The van der Waals surface area contributed by atoms with E-state index in [9.17, 15) is 19.8 Å². The third-order valence-corrected chi connectivity index (χ3v) is 16.7. The number of benzene rings is 2. The molecule has 6 aliphatic rings. The van der Waals surface area contributed by atoms with Crippen LogP contribution in [0.2, 0.25) is 0 Å². The molecule has 6 aliphatic heterocycles. The minimum Gasteiger partial charge on any atom is -0.508 e. The quantitative estimate of drug-likeness (QED) is 0.153. The van der Waals surface area contributed by atoms with Crippen LogP contribution >= 0.6 is 11.3 Å². The highest BCUT2D eigenvalue weighted by atomic mass is 32.1. The number of nitrogens with zero attached hydrogens (tertiary/aromatic N) is 10. The van der Waals surface area contributed by atoms with Crippen LogP contribution in [0.5, 0.6) is 11.5 Å². The van der Waals surface area contributed by atoms with Crippen molar-refractivity contribution >= 4 is 45.1 Å². The van der Waals surface area contributed by atoms with Gasteiger partial charge in [0.2, 0.25) is 11.9 Å². The van der Waals surface area contributed by atoms with E-state index >= 15 is 0 Å². The highest BCUT2D eigenvalue weighted by Crippen LogP contribution is 2.43. The number of likely N-dealkylation sites (tertiary alicyclic amines) is 1. The molecule has 11 rings (SSSR count). The summed E-state index contributed by atoms with van der Waals surface area (Å²) in [5.74, 6) is 1.84. The minimum absolute atomic E-state index is 0.0102. The van der Waals surface area contributed by atoms with Gasteiger partial charge in [-0.15, -0.1) is 11.3 Å². The Balaban J connectivity index is 0.654. The van der Waals surface area contributed by atoms with E-state index in [4.69, 9.17) is 20.4 Å². The van der Waals surface area contributed by atoms with Crippen LogP contribution in [-0.2, 0) is 35.7 Å². The van der Waals surface area contributed by atoms with Crippen molar-refractivity contribution in [3.05, 3.63) is 81.5 Å². The molecule has 2 bridgehead atoms. The number of fused-ring (bicyclic) bond motifs is 4. The lowest BCUT2D eigenvalue weighted by Gasteiger charge is -2.44. The maximum atomic E-state index is 14.2. The molecule has 2 atom stereocenters. The third kappa shape index (κ3) is 8.99. The van der Waals surface area contributed by atoms with E-state index < -0.39 is 0 Å². The number of carbonyl (C=O) groups excluding carboxylic acids is 2.